The molecular weight excluding hydrogens is 262 g/mol. The van der Waals surface area contributed by atoms with Crippen molar-refractivity contribution in [3.63, 3.8) is 0 Å². The third kappa shape index (κ3) is 3.56. The highest BCUT2D eigenvalue weighted by Gasteiger charge is 2.30. The van der Waals surface area contributed by atoms with Crippen molar-refractivity contribution in [2.24, 2.45) is 5.92 Å². The monoisotopic (exact) mass is 283 g/mol. The average Bonchev–Trinajstić information content (AvgIpc) is 2.79. The van der Waals surface area contributed by atoms with Gasteiger partial charge in [-0.25, -0.2) is 0 Å². The van der Waals surface area contributed by atoms with Crippen LogP contribution in [0.3, 0.4) is 0 Å². The lowest BCUT2D eigenvalue weighted by Crippen LogP contribution is -2.34. The van der Waals surface area contributed by atoms with E-state index in [1.807, 2.05) is 0 Å². The molecule has 6 nitrogen and oxygen atoms in total. The number of amides is 2. The van der Waals surface area contributed by atoms with Crippen LogP contribution in [0.4, 0.5) is 0 Å². The van der Waals surface area contributed by atoms with Gasteiger partial charge in [-0.2, -0.15) is 0 Å². The van der Waals surface area contributed by atoms with E-state index in [0.717, 1.165) is 25.7 Å². The Balaban J connectivity index is 1.65. The SMILES string of the molecule is COC(=O)C1CCC(OCCN2C(=O)CCC2=O)CC1. The molecule has 0 aromatic heterocycles. The second-order valence-electron chi connectivity index (χ2n) is 5.31. The molecule has 112 valence electrons. The Morgan fingerprint density at radius 1 is 1.15 bits per heavy atom. The van der Waals surface area contributed by atoms with Gasteiger partial charge in [-0.05, 0) is 25.7 Å². The number of carbonyl (C=O) groups is 3. The minimum absolute atomic E-state index is 0.0124. The number of hydrogen-bond donors (Lipinski definition) is 0. The molecule has 0 unspecified atom stereocenters. The lowest BCUT2D eigenvalue weighted by Gasteiger charge is -2.27. The van der Waals surface area contributed by atoms with Crippen LogP contribution in [0, 0.1) is 5.92 Å². The molecule has 2 fully saturated rings. The highest BCUT2D eigenvalue weighted by Crippen LogP contribution is 2.27. The lowest BCUT2D eigenvalue weighted by molar-refractivity contribution is -0.148. The average molecular weight is 283 g/mol. The molecule has 0 atom stereocenters. The number of imide groups is 1. The van der Waals surface area contributed by atoms with Crippen LogP contribution in [-0.2, 0) is 23.9 Å². The van der Waals surface area contributed by atoms with E-state index in [1.165, 1.54) is 12.0 Å². The van der Waals surface area contributed by atoms with Crippen molar-refractivity contribution < 1.29 is 23.9 Å². The Hall–Kier alpha value is -1.43. The van der Waals surface area contributed by atoms with Crippen molar-refractivity contribution in [1.29, 1.82) is 0 Å². The van der Waals surface area contributed by atoms with Crippen LogP contribution in [-0.4, -0.2) is 49.0 Å². The highest BCUT2D eigenvalue weighted by atomic mass is 16.5. The molecule has 2 rings (SSSR count). The number of methoxy groups -OCH3 is 1. The van der Waals surface area contributed by atoms with Crippen LogP contribution in [0.2, 0.25) is 0 Å². The summed E-state index contributed by atoms with van der Waals surface area (Å²) in [7, 11) is 1.41. The van der Waals surface area contributed by atoms with Crippen LogP contribution in [0.25, 0.3) is 0 Å². The third-order valence-electron chi connectivity index (χ3n) is 4.03. The topological polar surface area (TPSA) is 72.9 Å². The first-order valence-electron chi connectivity index (χ1n) is 7.14. The fourth-order valence-corrected chi connectivity index (χ4v) is 2.81. The number of ether oxygens (including phenoxy) is 2. The molecule has 0 N–H and O–H groups in total. The second-order valence-corrected chi connectivity index (χ2v) is 5.31. The first kappa shape index (κ1) is 15.0. The zero-order valence-corrected chi connectivity index (χ0v) is 11.8. The summed E-state index contributed by atoms with van der Waals surface area (Å²) < 4.78 is 10.4. The molecule has 0 spiro atoms. The normalized spacial score (nSPS) is 26.9. The maximum atomic E-state index is 11.4. The van der Waals surface area contributed by atoms with E-state index in [9.17, 15) is 14.4 Å². The van der Waals surface area contributed by atoms with Gasteiger partial charge < -0.3 is 9.47 Å². The largest absolute Gasteiger partial charge is 0.469 e. The van der Waals surface area contributed by atoms with Gasteiger partial charge in [-0.3, -0.25) is 19.3 Å². The molecule has 6 heteroatoms. The fraction of sp³-hybridized carbons (Fsp3) is 0.786. The summed E-state index contributed by atoms with van der Waals surface area (Å²) in [6, 6.07) is 0. The molecule has 0 radical (unpaired) electrons. The van der Waals surface area contributed by atoms with Crippen molar-refractivity contribution in [3.8, 4) is 0 Å². The zero-order chi connectivity index (χ0) is 14.5. The van der Waals surface area contributed by atoms with Gasteiger partial charge in [-0.15, -0.1) is 0 Å². The van der Waals surface area contributed by atoms with Gasteiger partial charge in [0.2, 0.25) is 11.8 Å². The Morgan fingerprint density at radius 2 is 1.75 bits per heavy atom. The Bertz CT molecular complexity index is 371. The summed E-state index contributed by atoms with van der Waals surface area (Å²) in [5.41, 5.74) is 0. The fourth-order valence-electron chi connectivity index (χ4n) is 2.81. The number of esters is 1. The molecular formula is C14H21NO5. The summed E-state index contributed by atoms with van der Waals surface area (Å²) in [5.74, 6) is -0.362. The van der Waals surface area contributed by atoms with Crippen LogP contribution < -0.4 is 0 Å². The second kappa shape index (κ2) is 6.83. The van der Waals surface area contributed by atoms with Crippen LogP contribution in [0.1, 0.15) is 38.5 Å². The number of hydrogen-bond acceptors (Lipinski definition) is 5. The maximum absolute atomic E-state index is 11.4. The zero-order valence-electron chi connectivity index (χ0n) is 11.8. The molecule has 2 amide bonds. The Kier molecular flexibility index (Phi) is 5.11. The van der Waals surface area contributed by atoms with Gasteiger partial charge >= 0.3 is 5.97 Å². The van der Waals surface area contributed by atoms with Gasteiger partial charge in [0, 0.05) is 12.8 Å². The minimum Gasteiger partial charge on any atom is -0.469 e. The predicted molar refractivity (Wildman–Crippen MR) is 69.7 cm³/mol. The van der Waals surface area contributed by atoms with E-state index in [-0.39, 0.29) is 29.8 Å². The van der Waals surface area contributed by atoms with E-state index in [0.29, 0.717) is 26.0 Å². The van der Waals surface area contributed by atoms with Crippen LogP contribution >= 0.6 is 0 Å². The number of rotatable bonds is 5. The van der Waals surface area contributed by atoms with Crippen LogP contribution in [0.15, 0.2) is 0 Å². The standard InChI is InChI=1S/C14H21NO5/c1-19-14(18)10-2-4-11(5-3-10)20-9-8-15-12(16)6-7-13(15)17/h10-11H,2-9H2,1H3. The molecule has 1 aliphatic carbocycles. The van der Waals surface area contributed by atoms with Gasteiger partial charge in [0.05, 0.1) is 32.3 Å². The molecule has 0 aromatic rings. The number of nitrogens with zero attached hydrogens (tertiary/aromatic N) is 1. The van der Waals surface area contributed by atoms with Crippen molar-refractivity contribution in [2.75, 3.05) is 20.3 Å². The summed E-state index contributed by atoms with van der Waals surface area (Å²) in [5, 5.41) is 0. The van der Waals surface area contributed by atoms with Gasteiger partial charge in [0.25, 0.3) is 0 Å². The molecule has 0 aromatic carbocycles. The van der Waals surface area contributed by atoms with E-state index in [1.54, 1.807) is 0 Å². The number of likely N-dealkylation sites (tertiary alicyclic amines) is 1. The predicted octanol–water partition coefficient (Wildman–Crippen LogP) is 0.884. The first-order chi connectivity index (χ1) is 9.61. The van der Waals surface area contributed by atoms with Gasteiger partial charge in [0.1, 0.15) is 0 Å². The third-order valence-corrected chi connectivity index (χ3v) is 4.03. The first-order valence-corrected chi connectivity index (χ1v) is 7.14. The lowest BCUT2D eigenvalue weighted by atomic mass is 9.87. The van der Waals surface area contributed by atoms with E-state index in [2.05, 4.69) is 0 Å². The maximum Gasteiger partial charge on any atom is 0.308 e. The minimum atomic E-state index is -0.142. The van der Waals surface area contributed by atoms with Gasteiger partial charge in [-0.1, -0.05) is 0 Å². The molecule has 0 bridgehead atoms. The van der Waals surface area contributed by atoms with Crippen molar-refractivity contribution >= 4 is 17.8 Å². The molecule has 2 aliphatic rings. The van der Waals surface area contributed by atoms with E-state index in [4.69, 9.17) is 9.47 Å². The number of carbonyl (C=O) groups excluding carboxylic acids is 3. The van der Waals surface area contributed by atoms with Crippen molar-refractivity contribution in [2.45, 2.75) is 44.6 Å². The van der Waals surface area contributed by atoms with Crippen molar-refractivity contribution in [3.05, 3.63) is 0 Å². The molecule has 1 saturated carbocycles. The Labute approximate surface area is 118 Å². The van der Waals surface area contributed by atoms with Crippen molar-refractivity contribution in [1.82, 2.24) is 4.90 Å². The smallest absolute Gasteiger partial charge is 0.308 e. The quantitative estimate of drug-likeness (QED) is 0.553. The highest BCUT2D eigenvalue weighted by molar-refractivity contribution is 6.01. The Morgan fingerprint density at radius 3 is 2.30 bits per heavy atom. The molecule has 1 saturated heterocycles. The molecule has 1 heterocycles. The summed E-state index contributed by atoms with van der Waals surface area (Å²) in [4.78, 5) is 35.5. The van der Waals surface area contributed by atoms with Crippen LogP contribution in [0.5, 0.6) is 0 Å². The van der Waals surface area contributed by atoms with E-state index < -0.39 is 0 Å². The van der Waals surface area contributed by atoms with E-state index >= 15 is 0 Å². The summed E-state index contributed by atoms with van der Waals surface area (Å²) >= 11 is 0. The summed E-state index contributed by atoms with van der Waals surface area (Å²) in [6.07, 6.45) is 3.96. The summed E-state index contributed by atoms with van der Waals surface area (Å²) in [6.45, 7) is 0.722. The molecule has 20 heavy (non-hydrogen) atoms. The van der Waals surface area contributed by atoms with Gasteiger partial charge in [0.15, 0.2) is 0 Å². The molecule has 1 aliphatic heterocycles.